The predicted molar refractivity (Wildman–Crippen MR) is 78.7 cm³/mol. The number of hydrogen-bond acceptors (Lipinski definition) is 3. The molecule has 0 amide bonds. The summed E-state index contributed by atoms with van der Waals surface area (Å²) in [5.41, 5.74) is 0.810. The molecule has 3 heteroatoms. The number of nitrogens with zero attached hydrogens (tertiary/aromatic N) is 1. The first-order valence-corrected chi connectivity index (χ1v) is 7.68. The molecule has 0 radical (unpaired) electrons. The Kier molecular flexibility index (Phi) is 3.90. The summed E-state index contributed by atoms with van der Waals surface area (Å²) in [6.45, 7) is 2.86. The number of carbonyl (C=O) groups excluding carboxylic acids is 1. The Labute approximate surface area is 120 Å². The number of aliphatic hydroxyl groups excluding tert-OH is 1. The molecular weight excluding hydrogens is 250 g/mol. The molecule has 1 N–H and O–H groups in total. The second-order valence-corrected chi connectivity index (χ2v) is 6.34. The van der Waals surface area contributed by atoms with E-state index in [0.29, 0.717) is 12.1 Å². The molecule has 2 heterocycles. The maximum atomic E-state index is 12.4. The summed E-state index contributed by atoms with van der Waals surface area (Å²) in [5.74, 6) is 0.256. The Morgan fingerprint density at radius 1 is 1.25 bits per heavy atom. The summed E-state index contributed by atoms with van der Waals surface area (Å²) in [6, 6.07) is 10.5. The van der Waals surface area contributed by atoms with Gasteiger partial charge in [-0.25, -0.2) is 0 Å². The van der Waals surface area contributed by atoms with Gasteiger partial charge in [0.25, 0.3) is 0 Å². The molecule has 1 aromatic carbocycles. The van der Waals surface area contributed by atoms with Crippen molar-refractivity contribution in [1.82, 2.24) is 4.90 Å². The van der Waals surface area contributed by atoms with Gasteiger partial charge >= 0.3 is 0 Å². The topological polar surface area (TPSA) is 40.5 Å². The number of aliphatic hydroxyl groups is 1. The quantitative estimate of drug-likeness (QED) is 0.857. The van der Waals surface area contributed by atoms with E-state index < -0.39 is 0 Å². The van der Waals surface area contributed by atoms with Gasteiger partial charge in [0.05, 0.1) is 6.10 Å². The highest BCUT2D eigenvalue weighted by Crippen LogP contribution is 2.36. The van der Waals surface area contributed by atoms with Crippen molar-refractivity contribution in [2.24, 2.45) is 5.92 Å². The molecule has 1 aromatic rings. The minimum Gasteiger partial charge on any atom is -0.393 e. The average molecular weight is 273 g/mol. The third kappa shape index (κ3) is 2.65. The van der Waals surface area contributed by atoms with Crippen LogP contribution in [-0.2, 0) is 0 Å². The number of hydrogen-bond donors (Lipinski definition) is 1. The monoisotopic (exact) mass is 273 g/mol. The van der Waals surface area contributed by atoms with Crippen molar-refractivity contribution in [1.29, 1.82) is 0 Å². The Bertz CT molecular complexity index is 459. The lowest BCUT2D eigenvalue weighted by Crippen LogP contribution is -2.47. The van der Waals surface area contributed by atoms with Crippen LogP contribution in [0, 0.1) is 5.92 Å². The minimum atomic E-state index is -0.135. The van der Waals surface area contributed by atoms with Crippen molar-refractivity contribution in [3.8, 4) is 0 Å². The molecule has 0 spiro atoms. The predicted octanol–water partition coefficient (Wildman–Crippen LogP) is 2.49. The van der Waals surface area contributed by atoms with Crippen LogP contribution in [-0.4, -0.2) is 40.5 Å². The van der Waals surface area contributed by atoms with Gasteiger partial charge in [0, 0.05) is 30.1 Å². The summed E-state index contributed by atoms with van der Waals surface area (Å²) in [4.78, 5) is 14.9. The number of Topliss-reactive ketones (excluding diaryl/α,β-unsaturated/α-hetero) is 1. The van der Waals surface area contributed by atoms with Gasteiger partial charge in [-0.2, -0.15) is 0 Å². The van der Waals surface area contributed by atoms with Crippen LogP contribution in [0.4, 0.5) is 0 Å². The molecule has 2 saturated heterocycles. The molecule has 3 atom stereocenters. The lowest BCUT2D eigenvalue weighted by molar-refractivity contribution is 0.0282. The van der Waals surface area contributed by atoms with Crippen molar-refractivity contribution in [3.05, 3.63) is 35.9 Å². The Morgan fingerprint density at radius 2 is 1.85 bits per heavy atom. The molecule has 2 fully saturated rings. The second kappa shape index (κ2) is 5.66. The molecular formula is C17H23NO2. The number of rotatable bonds is 4. The van der Waals surface area contributed by atoms with Crippen molar-refractivity contribution < 1.29 is 9.90 Å². The van der Waals surface area contributed by atoms with Crippen LogP contribution < -0.4 is 0 Å². The van der Waals surface area contributed by atoms with Crippen molar-refractivity contribution in [2.75, 3.05) is 6.54 Å². The van der Waals surface area contributed by atoms with E-state index in [9.17, 15) is 9.90 Å². The fourth-order valence-corrected chi connectivity index (χ4v) is 3.83. The number of benzene rings is 1. The molecule has 0 aliphatic carbocycles. The molecule has 20 heavy (non-hydrogen) atoms. The zero-order valence-electron chi connectivity index (χ0n) is 12.0. The fourth-order valence-electron chi connectivity index (χ4n) is 3.83. The van der Waals surface area contributed by atoms with Crippen LogP contribution >= 0.6 is 0 Å². The van der Waals surface area contributed by atoms with Crippen LogP contribution in [0.25, 0.3) is 0 Å². The standard InChI is InChI=1S/C17H23NO2/c1-12(17(20)13-5-3-2-4-6-13)11-18-14-7-8-15(18)10-16(19)9-14/h2-6,12,14-16,19H,7-11H2,1H3. The molecule has 2 bridgehead atoms. The van der Waals surface area contributed by atoms with E-state index in [2.05, 4.69) is 4.90 Å². The molecule has 0 aromatic heterocycles. The van der Waals surface area contributed by atoms with E-state index in [1.165, 1.54) is 12.8 Å². The van der Waals surface area contributed by atoms with Gasteiger partial charge in [0.2, 0.25) is 0 Å². The SMILES string of the molecule is CC(CN1C2CCC1CC(O)C2)C(=O)c1ccccc1. The van der Waals surface area contributed by atoms with Crippen LogP contribution in [0.1, 0.15) is 43.0 Å². The van der Waals surface area contributed by atoms with Gasteiger partial charge in [-0.15, -0.1) is 0 Å². The number of carbonyl (C=O) groups is 1. The van der Waals surface area contributed by atoms with Crippen LogP contribution in [0.5, 0.6) is 0 Å². The molecule has 2 aliphatic heterocycles. The van der Waals surface area contributed by atoms with Gasteiger partial charge < -0.3 is 5.11 Å². The Morgan fingerprint density at radius 3 is 2.45 bits per heavy atom. The van der Waals surface area contributed by atoms with Gasteiger partial charge in [-0.3, -0.25) is 9.69 Å². The zero-order chi connectivity index (χ0) is 14.1. The van der Waals surface area contributed by atoms with E-state index in [1.807, 2.05) is 37.3 Å². The van der Waals surface area contributed by atoms with E-state index in [0.717, 1.165) is 24.9 Å². The van der Waals surface area contributed by atoms with Crippen LogP contribution in [0.3, 0.4) is 0 Å². The Hall–Kier alpha value is -1.19. The lowest BCUT2D eigenvalue weighted by Gasteiger charge is -2.38. The molecule has 0 saturated carbocycles. The van der Waals surface area contributed by atoms with E-state index in [1.54, 1.807) is 0 Å². The van der Waals surface area contributed by atoms with Gasteiger partial charge in [0.1, 0.15) is 0 Å². The number of fused-ring (bicyclic) bond motifs is 2. The fraction of sp³-hybridized carbons (Fsp3) is 0.588. The first-order valence-electron chi connectivity index (χ1n) is 7.68. The second-order valence-electron chi connectivity index (χ2n) is 6.34. The molecule has 3 rings (SSSR count). The molecule has 108 valence electrons. The first-order chi connectivity index (χ1) is 9.65. The molecule has 3 nitrogen and oxygen atoms in total. The zero-order valence-corrected chi connectivity index (χ0v) is 12.0. The van der Waals surface area contributed by atoms with E-state index >= 15 is 0 Å². The van der Waals surface area contributed by atoms with Gasteiger partial charge in [-0.1, -0.05) is 37.3 Å². The van der Waals surface area contributed by atoms with E-state index in [-0.39, 0.29) is 17.8 Å². The van der Waals surface area contributed by atoms with E-state index in [4.69, 9.17) is 0 Å². The van der Waals surface area contributed by atoms with Crippen LogP contribution in [0.2, 0.25) is 0 Å². The average Bonchev–Trinajstić information content (AvgIpc) is 2.70. The molecule has 2 aliphatic rings. The highest BCUT2D eigenvalue weighted by atomic mass is 16.3. The highest BCUT2D eigenvalue weighted by molar-refractivity contribution is 5.97. The highest BCUT2D eigenvalue weighted by Gasteiger charge is 2.40. The lowest BCUT2D eigenvalue weighted by atomic mass is 9.94. The van der Waals surface area contributed by atoms with Crippen molar-refractivity contribution >= 4 is 5.78 Å². The number of ketones is 1. The number of piperidine rings is 1. The maximum absolute atomic E-state index is 12.4. The van der Waals surface area contributed by atoms with Gasteiger partial charge in [0.15, 0.2) is 5.78 Å². The summed E-state index contributed by atoms with van der Waals surface area (Å²) in [7, 11) is 0. The Balaban J connectivity index is 1.65. The first kappa shape index (κ1) is 13.8. The normalized spacial score (nSPS) is 31.2. The van der Waals surface area contributed by atoms with Gasteiger partial charge in [-0.05, 0) is 25.7 Å². The minimum absolute atomic E-state index is 0.0238. The summed E-state index contributed by atoms with van der Waals surface area (Å²) < 4.78 is 0. The maximum Gasteiger partial charge on any atom is 0.166 e. The van der Waals surface area contributed by atoms with Crippen molar-refractivity contribution in [2.45, 2.75) is 50.8 Å². The summed E-state index contributed by atoms with van der Waals surface area (Å²) >= 11 is 0. The smallest absolute Gasteiger partial charge is 0.166 e. The van der Waals surface area contributed by atoms with Crippen molar-refractivity contribution in [3.63, 3.8) is 0 Å². The third-order valence-electron chi connectivity index (χ3n) is 4.85. The third-order valence-corrected chi connectivity index (χ3v) is 4.85. The van der Waals surface area contributed by atoms with Crippen LogP contribution in [0.15, 0.2) is 30.3 Å². The summed E-state index contributed by atoms with van der Waals surface area (Å²) in [6.07, 6.45) is 3.97. The summed E-state index contributed by atoms with van der Waals surface area (Å²) in [5, 5.41) is 9.84. The molecule has 3 unspecified atom stereocenters. The largest absolute Gasteiger partial charge is 0.393 e.